The summed E-state index contributed by atoms with van der Waals surface area (Å²) in [5.41, 5.74) is 5.15. The minimum absolute atomic E-state index is 0.210. The van der Waals surface area contributed by atoms with Crippen molar-refractivity contribution in [3.05, 3.63) is 88.4 Å². The Hall–Kier alpha value is -3.51. The Morgan fingerprint density at radius 2 is 1.81 bits per heavy atom. The molecular weight excluding hydrogens is 428 g/mol. The summed E-state index contributed by atoms with van der Waals surface area (Å²) in [6, 6.07) is 20.3. The Bertz CT molecular complexity index is 1070. The molecule has 0 aromatic heterocycles. The number of nitrogens with one attached hydrogen (secondary N) is 1. The van der Waals surface area contributed by atoms with Crippen molar-refractivity contribution in [2.75, 3.05) is 13.7 Å². The standard InChI is InChI=1S/C25H25ClN2O4/c1-3-31-24-14-19(9-12-23(24)32-17-20-5-4-6-21(26)13-20)16-27-28-25(29)15-18-7-10-22(30-2)11-8-18/h4-14,16H,3,15,17H2,1-2H3,(H,28,29)/b27-16-. The van der Waals surface area contributed by atoms with Gasteiger partial charge in [-0.25, -0.2) is 5.43 Å². The molecule has 0 bridgehead atoms. The summed E-state index contributed by atoms with van der Waals surface area (Å²) in [6.45, 7) is 2.77. The summed E-state index contributed by atoms with van der Waals surface area (Å²) in [6.07, 6.45) is 1.79. The number of hydrogen-bond donors (Lipinski definition) is 1. The number of hydrogen-bond acceptors (Lipinski definition) is 5. The molecule has 3 aromatic rings. The number of halogens is 1. The first-order valence-electron chi connectivity index (χ1n) is 10.2. The topological polar surface area (TPSA) is 69.2 Å². The van der Waals surface area contributed by atoms with E-state index >= 15 is 0 Å². The molecular formula is C25H25ClN2O4. The average molecular weight is 453 g/mol. The Balaban J connectivity index is 1.58. The minimum atomic E-state index is -0.210. The maximum atomic E-state index is 12.1. The zero-order valence-corrected chi connectivity index (χ0v) is 18.8. The second-order valence-corrected chi connectivity index (χ2v) is 7.31. The van der Waals surface area contributed by atoms with Crippen LogP contribution in [0.25, 0.3) is 0 Å². The van der Waals surface area contributed by atoms with E-state index in [1.165, 1.54) is 0 Å². The molecule has 0 aliphatic heterocycles. The van der Waals surface area contributed by atoms with Crippen LogP contribution in [0, 0.1) is 0 Å². The molecule has 0 atom stereocenters. The van der Waals surface area contributed by atoms with Crippen LogP contribution in [0.5, 0.6) is 17.2 Å². The highest BCUT2D eigenvalue weighted by molar-refractivity contribution is 6.30. The van der Waals surface area contributed by atoms with Gasteiger partial charge in [-0.15, -0.1) is 0 Å². The van der Waals surface area contributed by atoms with Gasteiger partial charge in [0.15, 0.2) is 11.5 Å². The molecule has 0 spiro atoms. The van der Waals surface area contributed by atoms with Crippen LogP contribution < -0.4 is 19.6 Å². The van der Waals surface area contributed by atoms with E-state index in [4.69, 9.17) is 25.8 Å². The predicted molar refractivity (Wildman–Crippen MR) is 126 cm³/mol. The molecule has 1 N–H and O–H groups in total. The van der Waals surface area contributed by atoms with Crippen LogP contribution in [0.4, 0.5) is 0 Å². The van der Waals surface area contributed by atoms with Gasteiger partial charge in [0, 0.05) is 5.02 Å². The number of ether oxygens (including phenoxy) is 3. The molecule has 166 valence electrons. The first-order chi connectivity index (χ1) is 15.6. The molecule has 1 amide bonds. The van der Waals surface area contributed by atoms with E-state index in [1.54, 1.807) is 13.3 Å². The summed E-state index contributed by atoms with van der Waals surface area (Å²) >= 11 is 6.03. The Kier molecular flexibility index (Phi) is 8.52. The maximum absolute atomic E-state index is 12.1. The van der Waals surface area contributed by atoms with Crippen molar-refractivity contribution < 1.29 is 19.0 Å². The zero-order chi connectivity index (χ0) is 22.8. The summed E-state index contributed by atoms with van der Waals surface area (Å²) in [4.78, 5) is 12.1. The molecule has 32 heavy (non-hydrogen) atoms. The molecule has 0 unspecified atom stereocenters. The molecule has 0 saturated heterocycles. The first-order valence-corrected chi connectivity index (χ1v) is 10.5. The molecule has 6 nitrogen and oxygen atoms in total. The maximum Gasteiger partial charge on any atom is 0.244 e. The largest absolute Gasteiger partial charge is 0.497 e. The van der Waals surface area contributed by atoms with Gasteiger partial charge in [-0.2, -0.15) is 5.10 Å². The van der Waals surface area contributed by atoms with Crippen LogP contribution >= 0.6 is 11.6 Å². The van der Waals surface area contributed by atoms with Crippen LogP contribution in [0.3, 0.4) is 0 Å². The van der Waals surface area contributed by atoms with Crippen LogP contribution in [-0.2, 0) is 17.8 Å². The van der Waals surface area contributed by atoms with E-state index in [9.17, 15) is 4.79 Å². The van der Waals surface area contributed by atoms with Crippen molar-refractivity contribution in [1.29, 1.82) is 0 Å². The lowest BCUT2D eigenvalue weighted by molar-refractivity contribution is -0.120. The van der Waals surface area contributed by atoms with Crippen molar-refractivity contribution in [2.24, 2.45) is 5.10 Å². The number of amides is 1. The number of carbonyl (C=O) groups excluding carboxylic acids is 1. The fourth-order valence-electron chi connectivity index (χ4n) is 2.93. The average Bonchev–Trinajstić information content (AvgIpc) is 2.79. The Morgan fingerprint density at radius 3 is 2.53 bits per heavy atom. The van der Waals surface area contributed by atoms with E-state index < -0.39 is 0 Å². The second-order valence-electron chi connectivity index (χ2n) is 6.88. The number of nitrogens with zero attached hydrogens (tertiary/aromatic N) is 1. The monoisotopic (exact) mass is 452 g/mol. The zero-order valence-electron chi connectivity index (χ0n) is 18.0. The van der Waals surface area contributed by atoms with Gasteiger partial charge in [0.1, 0.15) is 12.4 Å². The van der Waals surface area contributed by atoms with Crippen LogP contribution in [0.2, 0.25) is 5.02 Å². The van der Waals surface area contributed by atoms with Gasteiger partial charge in [-0.05, 0) is 66.1 Å². The Labute approximate surface area is 192 Å². The van der Waals surface area contributed by atoms with Crippen molar-refractivity contribution >= 4 is 23.7 Å². The minimum Gasteiger partial charge on any atom is -0.497 e. The van der Waals surface area contributed by atoms with E-state index in [0.29, 0.717) is 29.7 Å². The Morgan fingerprint density at radius 1 is 1.00 bits per heavy atom. The van der Waals surface area contributed by atoms with E-state index in [-0.39, 0.29) is 12.3 Å². The SMILES string of the molecule is CCOc1cc(/C=N\NC(=O)Cc2ccc(OC)cc2)ccc1OCc1cccc(Cl)c1. The lowest BCUT2D eigenvalue weighted by Crippen LogP contribution is -2.19. The fourth-order valence-corrected chi connectivity index (χ4v) is 3.14. The molecule has 0 aliphatic rings. The molecule has 0 heterocycles. The van der Waals surface area contributed by atoms with Gasteiger partial charge in [0.2, 0.25) is 5.91 Å². The smallest absolute Gasteiger partial charge is 0.244 e. The number of benzene rings is 3. The third-order valence-corrected chi connectivity index (χ3v) is 4.71. The molecule has 3 rings (SSSR count). The van der Waals surface area contributed by atoms with Gasteiger partial charge >= 0.3 is 0 Å². The highest BCUT2D eigenvalue weighted by Crippen LogP contribution is 2.29. The summed E-state index contributed by atoms with van der Waals surface area (Å²) in [7, 11) is 1.60. The number of methoxy groups -OCH3 is 1. The van der Waals surface area contributed by atoms with Gasteiger partial charge in [-0.1, -0.05) is 35.9 Å². The molecule has 0 aliphatic carbocycles. The predicted octanol–water partition coefficient (Wildman–Crippen LogP) is 5.02. The van der Waals surface area contributed by atoms with Crippen LogP contribution in [0.15, 0.2) is 71.8 Å². The number of hydrazone groups is 1. The van der Waals surface area contributed by atoms with Gasteiger partial charge < -0.3 is 14.2 Å². The fraction of sp³-hybridized carbons (Fsp3) is 0.200. The first kappa shape index (κ1) is 23.2. The molecule has 0 saturated carbocycles. The van der Waals surface area contributed by atoms with Crippen molar-refractivity contribution in [3.63, 3.8) is 0 Å². The molecule has 3 aromatic carbocycles. The highest BCUT2D eigenvalue weighted by atomic mass is 35.5. The van der Waals surface area contributed by atoms with Crippen molar-refractivity contribution in [2.45, 2.75) is 20.0 Å². The van der Waals surface area contributed by atoms with Crippen LogP contribution in [0.1, 0.15) is 23.6 Å². The van der Waals surface area contributed by atoms with Crippen LogP contribution in [-0.4, -0.2) is 25.8 Å². The lowest BCUT2D eigenvalue weighted by Gasteiger charge is -2.12. The second kappa shape index (κ2) is 11.8. The van der Waals surface area contributed by atoms with Gasteiger partial charge in [-0.3, -0.25) is 4.79 Å². The third kappa shape index (κ3) is 7.03. The normalized spacial score (nSPS) is 10.7. The number of rotatable bonds is 10. The summed E-state index contributed by atoms with van der Waals surface area (Å²) in [5, 5.41) is 4.71. The summed E-state index contributed by atoms with van der Waals surface area (Å²) < 4.78 is 16.7. The van der Waals surface area contributed by atoms with Crippen molar-refractivity contribution in [3.8, 4) is 17.2 Å². The quantitative estimate of drug-likeness (QED) is 0.346. The number of carbonyl (C=O) groups is 1. The molecule has 0 radical (unpaired) electrons. The van der Waals surface area contributed by atoms with E-state index in [1.807, 2.05) is 73.7 Å². The highest BCUT2D eigenvalue weighted by Gasteiger charge is 2.07. The lowest BCUT2D eigenvalue weighted by atomic mass is 10.1. The third-order valence-electron chi connectivity index (χ3n) is 4.48. The van der Waals surface area contributed by atoms with E-state index in [0.717, 1.165) is 22.4 Å². The molecule has 7 heteroatoms. The van der Waals surface area contributed by atoms with E-state index in [2.05, 4.69) is 10.5 Å². The van der Waals surface area contributed by atoms with Gasteiger partial charge in [0.05, 0.1) is 26.4 Å². The summed E-state index contributed by atoms with van der Waals surface area (Å²) in [5.74, 6) is 1.76. The van der Waals surface area contributed by atoms with Gasteiger partial charge in [0.25, 0.3) is 0 Å². The van der Waals surface area contributed by atoms with Crippen molar-refractivity contribution in [1.82, 2.24) is 5.43 Å². The molecule has 0 fully saturated rings.